The minimum Gasteiger partial charge on any atom is -0.485 e. The second-order valence-corrected chi connectivity index (χ2v) is 6.00. The van der Waals surface area contributed by atoms with Crippen LogP contribution in [0.15, 0.2) is 18.2 Å². The number of rotatable bonds is 1. The number of benzene rings is 1. The quantitative estimate of drug-likeness (QED) is 0.847. The van der Waals surface area contributed by atoms with Crippen molar-refractivity contribution < 1.29 is 14.2 Å². The van der Waals surface area contributed by atoms with Crippen LogP contribution in [0, 0.1) is 5.82 Å². The maximum absolute atomic E-state index is 13.2. The largest absolute Gasteiger partial charge is 0.485 e. The van der Waals surface area contributed by atoms with Crippen LogP contribution < -0.4 is 4.74 Å². The molecule has 1 N–H and O–H groups in total. The van der Waals surface area contributed by atoms with Gasteiger partial charge in [0, 0.05) is 37.5 Å². The first kappa shape index (κ1) is 12.9. The van der Waals surface area contributed by atoms with Gasteiger partial charge in [0.05, 0.1) is 6.10 Å². The molecule has 3 nitrogen and oxygen atoms in total. The van der Waals surface area contributed by atoms with E-state index < -0.39 is 6.10 Å². The Kier molecular flexibility index (Phi) is 3.02. The van der Waals surface area contributed by atoms with Crippen LogP contribution in [0.1, 0.15) is 38.4 Å². The lowest BCUT2D eigenvalue weighted by molar-refractivity contribution is -0.00912. The van der Waals surface area contributed by atoms with Crippen molar-refractivity contribution >= 4 is 0 Å². The number of fused-ring (bicyclic) bond motifs is 1. The molecule has 0 saturated carbocycles. The van der Waals surface area contributed by atoms with E-state index in [1.807, 2.05) is 0 Å². The maximum Gasteiger partial charge on any atom is 0.126 e. The van der Waals surface area contributed by atoms with Crippen molar-refractivity contribution in [1.29, 1.82) is 0 Å². The van der Waals surface area contributed by atoms with Crippen molar-refractivity contribution in [3.8, 4) is 5.75 Å². The highest BCUT2D eigenvalue weighted by Gasteiger charge is 2.46. The van der Waals surface area contributed by atoms with Crippen LogP contribution in [0.3, 0.4) is 0 Å². The Bertz CT molecular complexity index is 491. The van der Waals surface area contributed by atoms with E-state index in [0.29, 0.717) is 23.8 Å². The van der Waals surface area contributed by atoms with Gasteiger partial charge in [0.2, 0.25) is 0 Å². The molecule has 0 radical (unpaired) electrons. The molecule has 2 aliphatic heterocycles. The van der Waals surface area contributed by atoms with E-state index in [-0.39, 0.29) is 11.4 Å². The maximum atomic E-state index is 13.2. The summed E-state index contributed by atoms with van der Waals surface area (Å²) in [4.78, 5) is 2.36. The Labute approximate surface area is 113 Å². The van der Waals surface area contributed by atoms with E-state index in [9.17, 15) is 9.50 Å². The predicted octanol–water partition coefficient (Wildman–Crippen LogP) is 2.49. The third-order valence-electron chi connectivity index (χ3n) is 4.30. The molecular weight excluding hydrogens is 245 g/mol. The Balaban J connectivity index is 1.87. The molecule has 3 rings (SSSR count). The normalized spacial score (nSPS) is 30.7. The van der Waals surface area contributed by atoms with E-state index in [1.165, 1.54) is 12.1 Å². The fourth-order valence-corrected chi connectivity index (χ4v) is 3.18. The predicted molar refractivity (Wildman–Crippen MR) is 70.7 cm³/mol. The zero-order valence-electron chi connectivity index (χ0n) is 11.4. The summed E-state index contributed by atoms with van der Waals surface area (Å²) in [7, 11) is 0. The first-order valence-corrected chi connectivity index (χ1v) is 6.90. The minimum atomic E-state index is -0.633. The number of hydrogen-bond donors (Lipinski definition) is 1. The summed E-state index contributed by atoms with van der Waals surface area (Å²) in [5.74, 6) is 0.304. The van der Waals surface area contributed by atoms with Gasteiger partial charge in [0.1, 0.15) is 17.2 Å². The standard InChI is InChI=1S/C15H20FNO2/c1-10(2)17-6-5-15(9-17)8-13(18)12-7-11(16)3-4-14(12)19-15/h3-4,7,10,13,18H,5-6,8-9H2,1-2H3/t13-,15?/m0/s1. The second-order valence-electron chi connectivity index (χ2n) is 6.00. The molecule has 0 amide bonds. The molecule has 1 aromatic carbocycles. The molecule has 1 fully saturated rings. The molecule has 0 aromatic heterocycles. The third kappa shape index (κ3) is 2.23. The number of halogens is 1. The van der Waals surface area contributed by atoms with Gasteiger partial charge in [-0.05, 0) is 32.0 Å². The summed E-state index contributed by atoms with van der Waals surface area (Å²) in [6.45, 7) is 6.16. The molecule has 19 heavy (non-hydrogen) atoms. The first-order valence-electron chi connectivity index (χ1n) is 6.90. The summed E-state index contributed by atoms with van der Waals surface area (Å²) in [5.41, 5.74) is 0.266. The van der Waals surface area contributed by atoms with E-state index in [0.717, 1.165) is 19.5 Å². The van der Waals surface area contributed by atoms with Crippen molar-refractivity contribution in [3.05, 3.63) is 29.6 Å². The monoisotopic (exact) mass is 265 g/mol. The number of likely N-dealkylation sites (tertiary alicyclic amines) is 1. The van der Waals surface area contributed by atoms with E-state index >= 15 is 0 Å². The highest BCUT2D eigenvalue weighted by molar-refractivity contribution is 5.39. The number of nitrogens with zero attached hydrogens (tertiary/aromatic N) is 1. The molecule has 1 saturated heterocycles. The topological polar surface area (TPSA) is 32.7 Å². The van der Waals surface area contributed by atoms with Gasteiger partial charge in [0.15, 0.2) is 0 Å². The average Bonchev–Trinajstić information content (AvgIpc) is 2.74. The molecule has 2 aliphatic rings. The highest BCUT2D eigenvalue weighted by atomic mass is 19.1. The summed E-state index contributed by atoms with van der Waals surface area (Å²) in [6.07, 6.45) is 0.831. The van der Waals surface area contributed by atoms with E-state index in [1.54, 1.807) is 6.07 Å². The fraction of sp³-hybridized carbons (Fsp3) is 0.600. The van der Waals surface area contributed by atoms with Gasteiger partial charge >= 0.3 is 0 Å². The van der Waals surface area contributed by atoms with Crippen LogP contribution in [0.2, 0.25) is 0 Å². The van der Waals surface area contributed by atoms with Crippen molar-refractivity contribution in [2.24, 2.45) is 0 Å². The van der Waals surface area contributed by atoms with Crippen LogP contribution >= 0.6 is 0 Å². The molecule has 4 heteroatoms. The summed E-state index contributed by atoms with van der Waals surface area (Å²) in [5, 5.41) is 10.3. The zero-order valence-corrected chi connectivity index (χ0v) is 11.4. The van der Waals surface area contributed by atoms with Gasteiger partial charge in [-0.1, -0.05) is 0 Å². The van der Waals surface area contributed by atoms with E-state index in [4.69, 9.17) is 4.74 Å². The minimum absolute atomic E-state index is 0.311. The van der Waals surface area contributed by atoms with Crippen molar-refractivity contribution in [2.75, 3.05) is 13.1 Å². The Hall–Kier alpha value is -1.13. The van der Waals surface area contributed by atoms with Gasteiger partial charge in [-0.15, -0.1) is 0 Å². The smallest absolute Gasteiger partial charge is 0.126 e. The average molecular weight is 265 g/mol. The number of aliphatic hydroxyl groups excluding tert-OH is 1. The summed E-state index contributed by atoms with van der Waals surface area (Å²) >= 11 is 0. The van der Waals surface area contributed by atoms with Crippen LogP contribution in [-0.4, -0.2) is 34.7 Å². The SMILES string of the molecule is CC(C)N1CCC2(C[C@H](O)c3cc(F)ccc3O2)C1. The molecule has 2 heterocycles. The Morgan fingerprint density at radius 1 is 1.47 bits per heavy atom. The van der Waals surface area contributed by atoms with Crippen molar-refractivity contribution in [2.45, 2.75) is 44.4 Å². The molecule has 1 aromatic rings. The van der Waals surface area contributed by atoms with Crippen LogP contribution in [0.25, 0.3) is 0 Å². The first-order chi connectivity index (χ1) is 8.99. The van der Waals surface area contributed by atoms with Gasteiger partial charge in [-0.3, -0.25) is 4.90 Å². The molecule has 2 atom stereocenters. The molecule has 0 bridgehead atoms. The fourth-order valence-electron chi connectivity index (χ4n) is 3.18. The van der Waals surface area contributed by atoms with Gasteiger partial charge in [0.25, 0.3) is 0 Å². The van der Waals surface area contributed by atoms with Gasteiger partial charge in [-0.25, -0.2) is 4.39 Å². The van der Waals surface area contributed by atoms with Gasteiger partial charge in [-0.2, -0.15) is 0 Å². The lowest BCUT2D eigenvalue weighted by Crippen LogP contribution is -2.44. The number of ether oxygens (including phenoxy) is 1. The third-order valence-corrected chi connectivity index (χ3v) is 4.30. The summed E-state index contributed by atoms with van der Waals surface area (Å²) in [6, 6.07) is 4.88. The molecule has 1 unspecified atom stereocenters. The molecular formula is C15H20FNO2. The lowest BCUT2D eigenvalue weighted by atomic mass is 9.88. The van der Waals surface area contributed by atoms with Crippen molar-refractivity contribution in [1.82, 2.24) is 4.90 Å². The molecule has 0 aliphatic carbocycles. The summed E-state index contributed by atoms with van der Waals surface area (Å²) < 4.78 is 19.3. The lowest BCUT2D eigenvalue weighted by Gasteiger charge is -2.38. The number of aliphatic hydroxyl groups is 1. The Morgan fingerprint density at radius 3 is 2.95 bits per heavy atom. The second kappa shape index (κ2) is 4.46. The Morgan fingerprint density at radius 2 is 2.26 bits per heavy atom. The molecule has 1 spiro atoms. The zero-order chi connectivity index (χ0) is 13.6. The van der Waals surface area contributed by atoms with Crippen LogP contribution in [-0.2, 0) is 0 Å². The number of hydrogen-bond acceptors (Lipinski definition) is 3. The molecule has 104 valence electrons. The van der Waals surface area contributed by atoms with Crippen molar-refractivity contribution in [3.63, 3.8) is 0 Å². The highest BCUT2D eigenvalue weighted by Crippen LogP contribution is 2.44. The van der Waals surface area contributed by atoms with Crippen LogP contribution in [0.5, 0.6) is 5.75 Å². The van der Waals surface area contributed by atoms with Crippen LogP contribution in [0.4, 0.5) is 4.39 Å². The van der Waals surface area contributed by atoms with E-state index in [2.05, 4.69) is 18.7 Å². The van der Waals surface area contributed by atoms with Gasteiger partial charge < -0.3 is 9.84 Å².